The van der Waals surface area contributed by atoms with Crippen molar-refractivity contribution in [1.82, 2.24) is 14.7 Å². The molecule has 0 saturated carbocycles. The van der Waals surface area contributed by atoms with Crippen LogP contribution < -0.4 is 0 Å². The molecule has 5 heteroatoms. The molecular weight excluding hydrogens is 290 g/mol. The average molecular weight is 313 g/mol. The van der Waals surface area contributed by atoms with E-state index in [1.165, 1.54) is 5.56 Å². The molecule has 1 aliphatic rings. The first kappa shape index (κ1) is 15.7. The van der Waals surface area contributed by atoms with Crippen LogP contribution in [-0.4, -0.2) is 44.9 Å². The molecule has 1 N–H and O–H groups in total. The minimum absolute atomic E-state index is 0.0205. The van der Waals surface area contributed by atoms with Crippen LogP contribution in [0.3, 0.4) is 0 Å². The van der Waals surface area contributed by atoms with Gasteiger partial charge in [0.15, 0.2) is 0 Å². The van der Waals surface area contributed by atoms with Crippen molar-refractivity contribution in [2.24, 2.45) is 0 Å². The summed E-state index contributed by atoms with van der Waals surface area (Å²) in [5.41, 5.74) is 3.78. The molecule has 23 heavy (non-hydrogen) atoms. The standard InChI is InChI=1S/C18H23N3O2/c1-3-17-16(18(23)20-10-8-15(22)9-11-20)12-19-21(17)14-6-4-13(2)5-7-14/h4-7,12,15,22H,3,8-11H2,1-2H3. The Hall–Kier alpha value is -2.14. The van der Waals surface area contributed by atoms with Gasteiger partial charge in [-0.3, -0.25) is 4.79 Å². The summed E-state index contributed by atoms with van der Waals surface area (Å²) in [5.74, 6) is 0.0205. The highest BCUT2D eigenvalue weighted by Gasteiger charge is 2.25. The van der Waals surface area contributed by atoms with Crippen LogP contribution in [0, 0.1) is 6.92 Å². The number of carbonyl (C=O) groups is 1. The highest BCUT2D eigenvalue weighted by Crippen LogP contribution is 2.20. The van der Waals surface area contributed by atoms with Crippen LogP contribution in [0.25, 0.3) is 5.69 Å². The zero-order valence-corrected chi connectivity index (χ0v) is 13.7. The molecule has 1 aliphatic heterocycles. The Balaban J connectivity index is 1.89. The number of aryl methyl sites for hydroxylation is 1. The maximum Gasteiger partial charge on any atom is 0.257 e. The summed E-state index contributed by atoms with van der Waals surface area (Å²) >= 11 is 0. The van der Waals surface area contributed by atoms with Gasteiger partial charge in [0.1, 0.15) is 0 Å². The lowest BCUT2D eigenvalue weighted by atomic mass is 10.1. The molecule has 2 heterocycles. The summed E-state index contributed by atoms with van der Waals surface area (Å²) in [6.07, 6.45) is 3.44. The Morgan fingerprint density at radius 1 is 1.26 bits per heavy atom. The first-order valence-corrected chi connectivity index (χ1v) is 8.21. The topological polar surface area (TPSA) is 58.4 Å². The second-order valence-corrected chi connectivity index (χ2v) is 6.13. The Labute approximate surface area is 136 Å². The maximum absolute atomic E-state index is 12.8. The molecule has 0 atom stereocenters. The predicted octanol–water partition coefficient (Wildman–Crippen LogP) is 2.34. The molecule has 1 amide bonds. The summed E-state index contributed by atoms with van der Waals surface area (Å²) in [4.78, 5) is 14.6. The summed E-state index contributed by atoms with van der Waals surface area (Å²) < 4.78 is 1.85. The van der Waals surface area contributed by atoms with Crippen LogP contribution in [0.1, 0.15) is 41.4 Å². The molecule has 0 radical (unpaired) electrons. The lowest BCUT2D eigenvalue weighted by Gasteiger charge is -2.29. The van der Waals surface area contributed by atoms with E-state index in [-0.39, 0.29) is 12.0 Å². The zero-order valence-electron chi connectivity index (χ0n) is 13.7. The highest BCUT2D eigenvalue weighted by atomic mass is 16.3. The number of carbonyl (C=O) groups excluding carboxylic acids is 1. The van der Waals surface area contributed by atoms with Crippen molar-refractivity contribution in [2.75, 3.05) is 13.1 Å². The summed E-state index contributed by atoms with van der Waals surface area (Å²) in [6.45, 7) is 5.31. The van der Waals surface area contributed by atoms with Crippen molar-refractivity contribution in [1.29, 1.82) is 0 Å². The number of aromatic nitrogens is 2. The Kier molecular flexibility index (Phi) is 4.48. The van der Waals surface area contributed by atoms with E-state index in [1.54, 1.807) is 6.20 Å². The second kappa shape index (κ2) is 6.54. The van der Waals surface area contributed by atoms with Gasteiger partial charge >= 0.3 is 0 Å². The van der Waals surface area contributed by atoms with E-state index in [4.69, 9.17) is 0 Å². The van der Waals surface area contributed by atoms with Crippen molar-refractivity contribution in [3.8, 4) is 5.69 Å². The van der Waals surface area contributed by atoms with Crippen molar-refractivity contribution >= 4 is 5.91 Å². The molecular formula is C18H23N3O2. The number of benzene rings is 1. The van der Waals surface area contributed by atoms with Gasteiger partial charge in [-0.15, -0.1) is 0 Å². The largest absolute Gasteiger partial charge is 0.393 e. The fourth-order valence-electron chi connectivity index (χ4n) is 3.04. The molecule has 5 nitrogen and oxygen atoms in total. The number of aliphatic hydroxyl groups is 1. The minimum atomic E-state index is -0.278. The summed E-state index contributed by atoms with van der Waals surface area (Å²) in [5, 5.41) is 14.0. The van der Waals surface area contributed by atoms with Gasteiger partial charge in [0.25, 0.3) is 5.91 Å². The number of aliphatic hydroxyl groups excluding tert-OH is 1. The molecule has 122 valence electrons. The molecule has 0 spiro atoms. The van der Waals surface area contributed by atoms with Crippen LogP contribution in [0.4, 0.5) is 0 Å². The number of likely N-dealkylation sites (tertiary alicyclic amines) is 1. The quantitative estimate of drug-likeness (QED) is 0.946. The number of rotatable bonds is 3. The highest BCUT2D eigenvalue weighted by molar-refractivity contribution is 5.95. The van der Waals surface area contributed by atoms with Crippen molar-refractivity contribution in [3.05, 3.63) is 47.3 Å². The van der Waals surface area contributed by atoms with Crippen LogP contribution in [0.2, 0.25) is 0 Å². The third kappa shape index (κ3) is 3.15. The lowest BCUT2D eigenvalue weighted by molar-refractivity contribution is 0.0545. The zero-order chi connectivity index (χ0) is 16.4. The molecule has 0 bridgehead atoms. The van der Waals surface area contributed by atoms with Gasteiger partial charge in [-0.2, -0.15) is 5.10 Å². The van der Waals surface area contributed by atoms with Gasteiger partial charge in [0.2, 0.25) is 0 Å². The SMILES string of the molecule is CCc1c(C(=O)N2CCC(O)CC2)cnn1-c1ccc(C)cc1. The monoisotopic (exact) mass is 313 g/mol. The van der Waals surface area contributed by atoms with Crippen molar-refractivity contribution < 1.29 is 9.90 Å². The van der Waals surface area contributed by atoms with E-state index < -0.39 is 0 Å². The van der Waals surface area contributed by atoms with E-state index in [0.717, 1.165) is 17.8 Å². The number of nitrogens with zero attached hydrogens (tertiary/aromatic N) is 3. The molecule has 1 fully saturated rings. The minimum Gasteiger partial charge on any atom is -0.393 e. The predicted molar refractivity (Wildman–Crippen MR) is 88.8 cm³/mol. The van der Waals surface area contributed by atoms with Gasteiger partial charge in [-0.05, 0) is 38.3 Å². The second-order valence-electron chi connectivity index (χ2n) is 6.13. The van der Waals surface area contributed by atoms with Gasteiger partial charge in [0, 0.05) is 13.1 Å². The Morgan fingerprint density at radius 2 is 1.91 bits per heavy atom. The average Bonchev–Trinajstić information content (AvgIpc) is 2.99. The maximum atomic E-state index is 12.8. The number of piperidine rings is 1. The van der Waals surface area contributed by atoms with E-state index in [2.05, 4.69) is 5.10 Å². The lowest BCUT2D eigenvalue weighted by Crippen LogP contribution is -2.40. The van der Waals surface area contributed by atoms with Crippen LogP contribution in [0.15, 0.2) is 30.5 Å². The summed E-state index contributed by atoms with van der Waals surface area (Å²) in [6, 6.07) is 8.13. The van der Waals surface area contributed by atoms with E-state index in [1.807, 2.05) is 47.7 Å². The third-order valence-corrected chi connectivity index (χ3v) is 4.46. The first-order valence-electron chi connectivity index (χ1n) is 8.21. The molecule has 3 rings (SSSR count). The first-order chi connectivity index (χ1) is 11.1. The normalized spacial score (nSPS) is 15.9. The van der Waals surface area contributed by atoms with Gasteiger partial charge < -0.3 is 10.0 Å². The fraction of sp³-hybridized carbons (Fsp3) is 0.444. The van der Waals surface area contributed by atoms with Gasteiger partial charge in [0.05, 0.1) is 29.2 Å². The van der Waals surface area contributed by atoms with Crippen molar-refractivity contribution in [2.45, 2.75) is 39.2 Å². The number of hydrogen-bond acceptors (Lipinski definition) is 3. The Bertz CT molecular complexity index is 683. The van der Waals surface area contributed by atoms with Crippen LogP contribution >= 0.6 is 0 Å². The van der Waals surface area contributed by atoms with Crippen LogP contribution in [0.5, 0.6) is 0 Å². The van der Waals surface area contributed by atoms with Gasteiger partial charge in [-0.25, -0.2) is 4.68 Å². The number of hydrogen-bond donors (Lipinski definition) is 1. The third-order valence-electron chi connectivity index (χ3n) is 4.46. The van der Waals surface area contributed by atoms with E-state index in [0.29, 0.717) is 31.5 Å². The molecule has 2 aromatic rings. The molecule has 1 saturated heterocycles. The molecule has 1 aromatic carbocycles. The van der Waals surface area contributed by atoms with Gasteiger partial charge in [-0.1, -0.05) is 24.6 Å². The summed E-state index contributed by atoms with van der Waals surface area (Å²) in [7, 11) is 0. The fourth-order valence-corrected chi connectivity index (χ4v) is 3.04. The van der Waals surface area contributed by atoms with E-state index in [9.17, 15) is 9.90 Å². The molecule has 0 unspecified atom stereocenters. The number of amides is 1. The van der Waals surface area contributed by atoms with Crippen LogP contribution in [-0.2, 0) is 6.42 Å². The smallest absolute Gasteiger partial charge is 0.257 e. The van der Waals surface area contributed by atoms with Crippen molar-refractivity contribution in [3.63, 3.8) is 0 Å². The molecule has 0 aliphatic carbocycles. The Morgan fingerprint density at radius 3 is 2.52 bits per heavy atom. The van der Waals surface area contributed by atoms with E-state index >= 15 is 0 Å². The molecule has 1 aromatic heterocycles.